The zero-order chi connectivity index (χ0) is 21.1. The quantitative estimate of drug-likeness (QED) is 0.551. The first-order valence-electron chi connectivity index (χ1n) is 9.07. The molecule has 0 aliphatic rings. The van der Waals surface area contributed by atoms with Crippen LogP contribution >= 0.6 is 0 Å². The number of aromatic nitrogens is 4. The van der Waals surface area contributed by atoms with Crippen LogP contribution in [0.1, 0.15) is 11.1 Å². The van der Waals surface area contributed by atoms with Crippen LogP contribution in [0.4, 0.5) is 8.78 Å². The molecule has 30 heavy (non-hydrogen) atoms. The molecule has 0 atom stereocenters. The van der Waals surface area contributed by atoms with E-state index >= 15 is 0 Å². The van der Waals surface area contributed by atoms with Crippen molar-refractivity contribution in [1.29, 1.82) is 0 Å². The Morgan fingerprint density at radius 3 is 2.30 bits per heavy atom. The number of aliphatic hydroxyl groups is 1. The van der Waals surface area contributed by atoms with Crippen LogP contribution in [0, 0.1) is 11.6 Å². The predicted molar refractivity (Wildman–Crippen MR) is 106 cm³/mol. The fourth-order valence-electron chi connectivity index (χ4n) is 2.99. The van der Waals surface area contributed by atoms with Crippen LogP contribution in [0.25, 0.3) is 22.6 Å². The first kappa shape index (κ1) is 19.5. The first-order valence-corrected chi connectivity index (χ1v) is 9.07. The van der Waals surface area contributed by atoms with Gasteiger partial charge in [-0.25, -0.2) is 23.4 Å². The minimum absolute atomic E-state index is 0.138. The maximum absolute atomic E-state index is 13.5. The Morgan fingerprint density at radius 2 is 1.60 bits per heavy atom. The van der Waals surface area contributed by atoms with Crippen molar-refractivity contribution in [2.24, 2.45) is 0 Å². The van der Waals surface area contributed by atoms with Gasteiger partial charge in [0.1, 0.15) is 11.6 Å². The van der Waals surface area contributed by atoms with E-state index in [-0.39, 0.29) is 30.0 Å². The van der Waals surface area contributed by atoms with Gasteiger partial charge in [-0.15, -0.1) is 0 Å². The third kappa shape index (κ3) is 4.28. The van der Waals surface area contributed by atoms with Crippen LogP contribution in [0.15, 0.2) is 71.8 Å². The van der Waals surface area contributed by atoms with E-state index in [0.29, 0.717) is 11.4 Å². The lowest BCUT2D eigenvalue weighted by Crippen LogP contribution is -2.22. The Morgan fingerprint density at radius 1 is 0.867 bits per heavy atom. The molecular formula is C22H16F2N4O2. The van der Waals surface area contributed by atoms with Gasteiger partial charge in [0.05, 0.1) is 18.8 Å². The van der Waals surface area contributed by atoms with Gasteiger partial charge >= 0.3 is 0 Å². The van der Waals surface area contributed by atoms with Crippen LogP contribution in [0.3, 0.4) is 0 Å². The lowest BCUT2D eigenvalue weighted by atomic mass is 10.1. The van der Waals surface area contributed by atoms with Crippen molar-refractivity contribution in [3.63, 3.8) is 0 Å². The number of hydrogen-bond donors (Lipinski definition) is 1. The second-order valence-electron chi connectivity index (χ2n) is 6.65. The molecule has 0 saturated carbocycles. The predicted octanol–water partition coefficient (Wildman–Crippen LogP) is 3.19. The summed E-state index contributed by atoms with van der Waals surface area (Å²) in [5, 5.41) is 13.4. The highest BCUT2D eigenvalue weighted by molar-refractivity contribution is 5.58. The van der Waals surface area contributed by atoms with E-state index in [1.165, 1.54) is 16.8 Å². The molecule has 2 heterocycles. The fraction of sp³-hybridized carbons (Fsp3) is 0.0909. The molecule has 0 unspecified atom stereocenters. The van der Waals surface area contributed by atoms with Crippen molar-refractivity contribution in [2.45, 2.75) is 13.2 Å². The third-order valence-corrected chi connectivity index (χ3v) is 4.43. The summed E-state index contributed by atoms with van der Waals surface area (Å²) >= 11 is 0. The Hall–Kier alpha value is -3.78. The van der Waals surface area contributed by atoms with Gasteiger partial charge in [0.25, 0.3) is 5.56 Å². The van der Waals surface area contributed by atoms with Crippen LogP contribution in [-0.2, 0) is 13.2 Å². The number of rotatable bonds is 5. The molecule has 0 aliphatic carbocycles. The maximum Gasteiger partial charge on any atom is 0.267 e. The molecular weight excluding hydrogens is 390 g/mol. The number of hydrogen-bond acceptors (Lipinski definition) is 5. The second kappa shape index (κ2) is 8.30. The van der Waals surface area contributed by atoms with Gasteiger partial charge in [-0.2, -0.15) is 5.10 Å². The second-order valence-corrected chi connectivity index (χ2v) is 6.65. The SMILES string of the molecule is O=c1ccc(-c2cc(F)cc(F)c2)nn1Cc1cccc(-c2ncc(CO)cn2)c1. The van der Waals surface area contributed by atoms with Gasteiger partial charge in [0.2, 0.25) is 0 Å². The molecule has 2 aromatic heterocycles. The van der Waals surface area contributed by atoms with Crippen LogP contribution in [-0.4, -0.2) is 24.9 Å². The molecule has 6 nitrogen and oxygen atoms in total. The average molecular weight is 406 g/mol. The van der Waals surface area contributed by atoms with Crippen molar-refractivity contribution in [3.8, 4) is 22.6 Å². The zero-order valence-electron chi connectivity index (χ0n) is 15.7. The third-order valence-electron chi connectivity index (χ3n) is 4.43. The minimum Gasteiger partial charge on any atom is -0.392 e. The molecule has 0 fully saturated rings. The highest BCUT2D eigenvalue weighted by Gasteiger charge is 2.09. The molecule has 150 valence electrons. The number of aliphatic hydroxyl groups excluding tert-OH is 1. The van der Waals surface area contributed by atoms with E-state index in [2.05, 4.69) is 15.1 Å². The molecule has 0 spiro atoms. The van der Waals surface area contributed by atoms with E-state index in [1.54, 1.807) is 12.4 Å². The lowest BCUT2D eigenvalue weighted by molar-refractivity contribution is 0.281. The molecule has 0 saturated heterocycles. The Kier molecular flexibility index (Phi) is 5.40. The Bertz CT molecular complexity index is 1240. The first-order chi connectivity index (χ1) is 14.5. The summed E-state index contributed by atoms with van der Waals surface area (Å²) in [6.45, 7) is 0.0213. The van der Waals surface area contributed by atoms with E-state index in [9.17, 15) is 13.6 Å². The molecule has 4 aromatic rings. The largest absolute Gasteiger partial charge is 0.392 e. The van der Waals surface area contributed by atoms with Crippen molar-refractivity contribution < 1.29 is 13.9 Å². The highest BCUT2D eigenvalue weighted by Crippen LogP contribution is 2.20. The molecule has 0 radical (unpaired) electrons. The van der Waals surface area contributed by atoms with Crippen molar-refractivity contribution in [3.05, 3.63) is 100 Å². The van der Waals surface area contributed by atoms with Crippen molar-refractivity contribution in [1.82, 2.24) is 19.7 Å². The molecule has 4 rings (SSSR count). The summed E-state index contributed by atoms with van der Waals surface area (Å²) in [5.41, 5.74) is 2.31. The van der Waals surface area contributed by atoms with Crippen molar-refractivity contribution >= 4 is 0 Å². The topological polar surface area (TPSA) is 80.9 Å². The van der Waals surface area contributed by atoms with Crippen LogP contribution in [0.5, 0.6) is 0 Å². The number of halogens is 2. The van der Waals surface area contributed by atoms with Crippen LogP contribution in [0.2, 0.25) is 0 Å². The molecule has 0 bridgehead atoms. The summed E-state index contributed by atoms with van der Waals surface area (Å²) in [4.78, 5) is 20.7. The van der Waals surface area contributed by atoms with Gasteiger partial charge in [0, 0.05) is 41.2 Å². The summed E-state index contributed by atoms with van der Waals surface area (Å²) in [6.07, 6.45) is 3.09. The standard InChI is InChI=1S/C22H16F2N4O2/c23-18-7-17(8-19(24)9-18)20-4-5-21(30)28(27-20)12-14-2-1-3-16(6-14)22-25-10-15(13-29)11-26-22/h1-11,29H,12-13H2. The van der Waals surface area contributed by atoms with Gasteiger partial charge in [-0.05, 0) is 29.8 Å². The van der Waals surface area contributed by atoms with E-state index in [4.69, 9.17) is 5.11 Å². The summed E-state index contributed by atoms with van der Waals surface area (Å²) in [6, 6.07) is 13.1. The van der Waals surface area contributed by atoms with E-state index < -0.39 is 11.6 Å². The fourth-order valence-corrected chi connectivity index (χ4v) is 2.99. The van der Waals surface area contributed by atoms with E-state index in [0.717, 1.165) is 29.3 Å². The monoisotopic (exact) mass is 406 g/mol. The summed E-state index contributed by atoms with van der Waals surface area (Å²) < 4.78 is 28.3. The normalized spacial score (nSPS) is 10.9. The highest BCUT2D eigenvalue weighted by atomic mass is 19.1. The van der Waals surface area contributed by atoms with E-state index in [1.807, 2.05) is 24.3 Å². The lowest BCUT2D eigenvalue weighted by Gasteiger charge is -2.09. The minimum atomic E-state index is -0.718. The smallest absolute Gasteiger partial charge is 0.267 e. The summed E-state index contributed by atoms with van der Waals surface area (Å²) in [7, 11) is 0. The molecule has 0 amide bonds. The van der Waals surface area contributed by atoms with Crippen LogP contribution < -0.4 is 5.56 Å². The molecule has 2 aromatic carbocycles. The van der Waals surface area contributed by atoms with Gasteiger partial charge in [-0.1, -0.05) is 18.2 Å². The van der Waals surface area contributed by atoms with Crippen molar-refractivity contribution in [2.75, 3.05) is 0 Å². The zero-order valence-corrected chi connectivity index (χ0v) is 15.7. The maximum atomic E-state index is 13.5. The molecule has 8 heteroatoms. The summed E-state index contributed by atoms with van der Waals surface area (Å²) in [5.74, 6) is -0.952. The average Bonchev–Trinajstić information content (AvgIpc) is 2.75. The Labute approximate surface area is 170 Å². The van der Waals surface area contributed by atoms with Gasteiger partial charge < -0.3 is 5.11 Å². The Balaban J connectivity index is 1.65. The van der Waals surface area contributed by atoms with Gasteiger partial charge in [-0.3, -0.25) is 4.79 Å². The van der Waals surface area contributed by atoms with Gasteiger partial charge in [0.15, 0.2) is 5.82 Å². The number of benzene rings is 2. The molecule has 0 aliphatic heterocycles. The number of nitrogens with zero attached hydrogens (tertiary/aromatic N) is 4. The molecule has 1 N–H and O–H groups in total.